The summed E-state index contributed by atoms with van der Waals surface area (Å²) >= 11 is 0. The fraction of sp³-hybridized carbons (Fsp3) is 0.667. The van der Waals surface area contributed by atoms with Crippen LogP contribution in [0.4, 0.5) is 0 Å². The summed E-state index contributed by atoms with van der Waals surface area (Å²) in [6.45, 7) is 0. The molecule has 0 bridgehead atoms. The monoisotopic (exact) mass is 306 g/mol. The Morgan fingerprint density at radius 1 is 1.19 bits per heavy atom. The maximum absolute atomic E-state index is 10.5. The summed E-state index contributed by atoms with van der Waals surface area (Å²) in [4.78, 5) is 20.4. The third kappa shape index (κ3) is 11.2. The van der Waals surface area contributed by atoms with Crippen LogP contribution < -0.4 is 103 Å². The fourth-order valence-electron chi connectivity index (χ4n) is 0.838. The Labute approximate surface area is 181 Å². The quantitative estimate of drug-likeness (QED) is 0.329. The molecule has 0 rings (SSSR count). The van der Waals surface area contributed by atoms with Crippen LogP contribution in [0.1, 0.15) is 22.1 Å². The van der Waals surface area contributed by atoms with Crippen LogP contribution in [0.3, 0.4) is 0 Å². The molecule has 16 heavy (non-hydrogen) atoms. The summed E-state index contributed by atoms with van der Waals surface area (Å²) in [5, 5.41) is 14.7. The first-order chi connectivity index (χ1) is 6.25. The van der Waals surface area contributed by atoms with E-state index in [-0.39, 0.29) is 118 Å². The molecule has 0 aromatic carbocycles. The SMILES string of the molecule is O=C(O)CCCC(C(=O)O)S(=O)(=O)O.[H-].[H-].[K+].[K+]. The molecule has 0 saturated heterocycles. The molecule has 0 aliphatic rings. The van der Waals surface area contributed by atoms with E-state index in [1.807, 2.05) is 0 Å². The molecule has 86 valence electrons. The first kappa shape index (κ1) is 23.2. The zero-order valence-electron chi connectivity index (χ0n) is 11.1. The van der Waals surface area contributed by atoms with E-state index in [1.54, 1.807) is 0 Å². The first-order valence-electron chi connectivity index (χ1n) is 3.66. The van der Waals surface area contributed by atoms with E-state index in [2.05, 4.69) is 0 Å². The molecule has 1 unspecified atom stereocenters. The van der Waals surface area contributed by atoms with E-state index in [0.717, 1.165) is 0 Å². The number of rotatable bonds is 6. The Bertz CT molecular complexity index is 335. The van der Waals surface area contributed by atoms with E-state index in [4.69, 9.17) is 14.8 Å². The van der Waals surface area contributed by atoms with Crippen LogP contribution in [0, 0.1) is 0 Å². The molecule has 7 nitrogen and oxygen atoms in total. The number of hydrogen-bond acceptors (Lipinski definition) is 4. The van der Waals surface area contributed by atoms with Gasteiger partial charge in [0.05, 0.1) is 0 Å². The maximum atomic E-state index is 10.5. The van der Waals surface area contributed by atoms with E-state index < -0.39 is 33.7 Å². The largest absolute Gasteiger partial charge is 1.00 e. The molecule has 0 radical (unpaired) electrons. The molecule has 0 fully saturated rings. The van der Waals surface area contributed by atoms with Crippen molar-refractivity contribution in [2.45, 2.75) is 24.5 Å². The molecule has 0 aliphatic heterocycles. The summed E-state index contributed by atoms with van der Waals surface area (Å²) in [5.41, 5.74) is 0. The number of carboxylic acid groups (broad SMARTS) is 2. The van der Waals surface area contributed by atoms with Gasteiger partial charge in [-0.25, -0.2) is 0 Å². The molecule has 0 heterocycles. The summed E-state index contributed by atoms with van der Waals surface area (Å²) in [5.74, 6) is -2.83. The van der Waals surface area contributed by atoms with Gasteiger partial charge in [0.25, 0.3) is 10.1 Å². The Morgan fingerprint density at radius 3 is 1.88 bits per heavy atom. The zero-order chi connectivity index (χ0) is 11.4. The van der Waals surface area contributed by atoms with Crippen molar-refractivity contribution in [3.05, 3.63) is 0 Å². The van der Waals surface area contributed by atoms with Gasteiger partial charge in [0.1, 0.15) is 0 Å². The summed E-state index contributed by atoms with van der Waals surface area (Å²) in [7, 11) is -4.65. The van der Waals surface area contributed by atoms with Gasteiger partial charge in [-0.05, 0) is 12.8 Å². The first-order valence-corrected chi connectivity index (χ1v) is 5.16. The topological polar surface area (TPSA) is 129 Å². The summed E-state index contributed by atoms with van der Waals surface area (Å²) in [6, 6.07) is 0. The van der Waals surface area contributed by atoms with Crippen molar-refractivity contribution in [1.29, 1.82) is 0 Å². The van der Waals surface area contributed by atoms with Crippen molar-refractivity contribution in [1.82, 2.24) is 0 Å². The van der Waals surface area contributed by atoms with Crippen LogP contribution in [-0.4, -0.2) is 40.4 Å². The molecule has 1 atom stereocenters. The van der Waals surface area contributed by atoms with Crippen molar-refractivity contribution in [3.8, 4) is 0 Å². The van der Waals surface area contributed by atoms with Crippen LogP contribution >= 0.6 is 0 Å². The van der Waals surface area contributed by atoms with Crippen molar-refractivity contribution in [2.24, 2.45) is 0 Å². The molecule has 10 heteroatoms. The van der Waals surface area contributed by atoms with E-state index in [9.17, 15) is 18.0 Å². The molecule has 3 N–H and O–H groups in total. The minimum absolute atomic E-state index is 0. The molecule has 0 saturated carbocycles. The van der Waals surface area contributed by atoms with Crippen LogP contribution in [0.5, 0.6) is 0 Å². The molecular formula is C6H12K2O7S. The Balaban J connectivity index is -0.000000141. The second-order valence-electron chi connectivity index (χ2n) is 2.63. The molecule has 0 spiro atoms. The average molecular weight is 306 g/mol. The second-order valence-corrected chi connectivity index (χ2v) is 4.23. The predicted octanol–water partition coefficient (Wildman–Crippen LogP) is -6.18. The van der Waals surface area contributed by atoms with Crippen LogP contribution in [-0.2, 0) is 19.7 Å². The van der Waals surface area contributed by atoms with E-state index in [0.29, 0.717) is 0 Å². The van der Waals surface area contributed by atoms with Gasteiger partial charge >= 0.3 is 115 Å². The third-order valence-corrected chi connectivity index (χ3v) is 2.65. The third-order valence-electron chi connectivity index (χ3n) is 1.49. The van der Waals surface area contributed by atoms with Gasteiger partial charge in [-0.1, -0.05) is 0 Å². The van der Waals surface area contributed by atoms with Gasteiger partial charge in [0, 0.05) is 6.42 Å². The van der Waals surface area contributed by atoms with Gasteiger partial charge in [-0.2, -0.15) is 8.42 Å². The van der Waals surface area contributed by atoms with Crippen molar-refractivity contribution < 1.29 is 138 Å². The van der Waals surface area contributed by atoms with Gasteiger partial charge in [-0.15, -0.1) is 0 Å². The van der Waals surface area contributed by atoms with Gasteiger partial charge in [0.2, 0.25) is 0 Å². The standard InChI is InChI=1S/C6H10O7S.2K.2H/c7-5(8)3-1-2-4(6(9)10)14(11,12)13;;;;/h4H,1-3H2,(H,7,8)(H,9,10)(H,11,12,13);;;;/q;2*+1;2*-1. The molecule has 0 amide bonds. The van der Waals surface area contributed by atoms with Crippen molar-refractivity contribution >= 4 is 22.1 Å². The average Bonchev–Trinajstić information content (AvgIpc) is 1.94. The maximum Gasteiger partial charge on any atom is 1.00 e. The molecule has 0 aromatic rings. The summed E-state index contributed by atoms with van der Waals surface area (Å²) < 4.78 is 29.4. The van der Waals surface area contributed by atoms with Crippen LogP contribution in [0.15, 0.2) is 0 Å². The van der Waals surface area contributed by atoms with E-state index in [1.165, 1.54) is 0 Å². The molecular weight excluding hydrogens is 294 g/mol. The zero-order valence-corrected chi connectivity index (χ0v) is 16.1. The normalized spacial score (nSPS) is 11.8. The van der Waals surface area contributed by atoms with E-state index >= 15 is 0 Å². The van der Waals surface area contributed by atoms with Crippen LogP contribution in [0.25, 0.3) is 0 Å². The molecule has 0 aromatic heterocycles. The Hall–Kier alpha value is 2.12. The van der Waals surface area contributed by atoms with Gasteiger partial charge < -0.3 is 13.1 Å². The minimum atomic E-state index is -4.65. The van der Waals surface area contributed by atoms with Crippen molar-refractivity contribution in [3.63, 3.8) is 0 Å². The van der Waals surface area contributed by atoms with Gasteiger partial charge in [0.15, 0.2) is 5.25 Å². The molecule has 0 aliphatic carbocycles. The minimum Gasteiger partial charge on any atom is -1.00 e. The number of hydrogen-bond donors (Lipinski definition) is 3. The summed E-state index contributed by atoms with van der Waals surface area (Å²) in [6.07, 6.45) is -0.869. The number of aliphatic carboxylic acids is 2. The predicted molar refractivity (Wildman–Crippen MR) is 46.7 cm³/mol. The Kier molecular flexibility index (Phi) is 16.0. The smallest absolute Gasteiger partial charge is 1.00 e. The fourth-order valence-corrected chi connectivity index (χ4v) is 1.56. The van der Waals surface area contributed by atoms with Crippen LogP contribution in [0.2, 0.25) is 0 Å². The van der Waals surface area contributed by atoms with Gasteiger partial charge in [-0.3, -0.25) is 14.1 Å². The number of carbonyl (C=O) groups is 2. The Morgan fingerprint density at radius 2 is 1.62 bits per heavy atom. The second kappa shape index (κ2) is 11.0. The van der Waals surface area contributed by atoms with Crippen molar-refractivity contribution in [2.75, 3.05) is 0 Å². The number of carboxylic acids is 2.